The number of carbonyl (C=O) groups excluding carboxylic acids is 1. The molecule has 0 radical (unpaired) electrons. The number of nitrogens with zero attached hydrogens (tertiary/aromatic N) is 2. The van der Waals surface area contributed by atoms with Crippen molar-refractivity contribution in [1.29, 1.82) is 0 Å². The first kappa shape index (κ1) is 21.4. The number of nitrogens with one attached hydrogen (secondary N) is 3. The summed E-state index contributed by atoms with van der Waals surface area (Å²) in [5, 5.41) is 13.0. The third-order valence-corrected chi connectivity index (χ3v) is 4.66. The Labute approximate surface area is 185 Å². The Morgan fingerprint density at radius 3 is 2.47 bits per heavy atom. The van der Waals surface area contributed by atoms with Gasteiger partial charge in [-0.05, 0) is 66.2 Å². The number of fused-ring (bicyclic) bond motifs is 1. The van der Waals surface area contributed by atoms with E-state index < -0.39 is 23.4 Å². The Morgan fingerprint density at radius 2 is 1.72 bits per heavy atom. The second-order valence-corrected chi connectivity index (χ2v) is 7.23. The second kappa shape index (κ2) is 9.11. The molecule has 0 atom stereocenters. The van der Waals surface area contributed by atoms with Gasteiger partial charge in [0.2, 0.25) is 5.96 Å². The van der Waals surface area contributed by atoms with Crippen LogP contribution in [0.1, 0.15) is 15.9 Å². The Kier molecular flexibility index (Phi) is 6.09. The van der Waals surface area contributed by atoms with Crippen LogP contribution in [0.5, 0.6) is 0 Å². The number of halogens is 4. The predicted molar refractivity (Wildman–Crippen MR) is 116 cm³/mol. The molecule has 0 spiro atoms. The summed E-state index contributed by atoms with van der Waals surface area (Å²) in [6, 6.07) is 13.0. The average Bonchev–Trinajstić information content (AvgIpc) is 3.13. The first-order valence-corrected chi connectivity index (χ1v) is 9.72. The Balaban J connectivity index is 1.63. The van der Waals surface area contributed by atoms with Crippen molar-refractivity contribution in [3.05, 3.63) is 94.3 Å². The van der Waals surface area contributed by atoms with E-state index in [0.29, 0.717) is 16.5 Å². The van der Waals surface area contributed by atoms with Crippen LogP contribution < -0.4 is 10.6 Å². The molecular weight excluding hydrogens is 443 g/mol. The van der Waals surface area contributed by atoms with Gasteiger partial charge in [-0.1, -0.05) is 11.6 Å². The number of hydrogen-bond donors (Lipinski definition) is 3. The maximum absolute atomic E-state index is 13.6. The largest absolute Gasteiger partial charge is 0.309 e. The minimum absolute atomic E-state index is 0.00238. The second-order valence-electron chi connectivity index (χ2n) is 6.79. The fourth-order valence-corrected chi connectivity index (χ4v) is 3.21. The van der Waals surface area contributed by atoms with E-state index in [1.165, 1.54) is 42.5 Å². The van der Waals surface area contributed by atoms with Crippen molar-refractivity contribution in [2.75, 3.05) is 5.32 Å². The normalized spacial score (nSPS) is 11.6. The van der Waals surface area contributed by atoms with Crippen LogP contribution in [0.2, 0.25) is 5.02 Å². The highest BCUT2D eigenvalue weighted by atomic mass is 35.5. The molecule has 4 rings (SSSR count). The predicted octanol–water partition coefficient (Wildman–Crippen LogP) is 5.03. The van der Waals surface area contributed by atoms with Crippen molar-refractivity contribution in [2.24, 2.45) is 4.99 Å². The molecule has 0 aliphatic rings. The molecule has 6 nitrogen and oxygen atoms in total. The molecule has 32 heavy (non-hydrogen) atoms. The number of carbonyl (C=O) groups is 1. The SMILES string of the molecule is O=C(NC(=NCc1cc(F)cc(Cl)c1)Nc1n[nH]c2cc(F)ccc12)c1ccc(F)cc1. The van der Waals surface area contributed by atoms with Crippen LogP contribution in [0, 0.1) is 17.5 Å². The van der Waals surface area contributed by atoms with Gasteiger partial charge in [-0.25, -0.2) is 18.2 Å². The molecule has 0 saturated heterocycles. The summed E-state index contributed by atoms with van der Waals surface area (Å²) in [7, 11) is 0. The minimum atomic E-state index is -0.556. The number of amides is 1. The third kappa shape index (κ3) is 5.06. The van der Waals surface area contributed by atoms with Gasteiger partial charge < -0.3 is 5.32 Å². The fraction of sp³-hybridized carbons (Fsp3) is 0.0455. The molecule has 1 amide bonds. The standard InChI is InChI=1S/C22H15ClF3N5O/c23-14-7-12(8-17(26)9-14)11-27-22(29-21(32)13-1-3-15(24)4-2-13)28-20-18-6-5-16(25)10-19(18)30-31-20/h1-10H,11H2,(H3,27,28,29,30,31,32). The van der Waals surface area contributed by atoms with E-state index in [9.17, 15) is 18.0 Å². The number of rotatable bonds is 4. The molecule has 0 unspecified atom stereocenters. The molecule has 0 saturated carbocycles. The smallest absolute Gasteiger partial charge is 0.257 e. The molecule has 1 heterocycles. The maximum atomic E-state index is 13.6. The summed E-state index contributed by atoms with van der Waals surface area (Å²) >= 11 is 5.89. The number of aromatic nitrogens is 2. The summed E-state index contributed by atoms with van der Waals surface area (Å²) in [6.45, 7) is -0.0134. The number of H-pyrrole nitrogens is 1. The van der Waals surface area contributed by atoms with E-state index in [1.54, 1.807) is 6.07 Å². The van der Waals surface area contributed by atoms with Crippen LogP contribution in [0.4, 0.5) is 19.0 Å². The molecular formula is C22H15ClF3N5O. The quantitative estimate of drug-likeness (QED) is 0.297. The molecule has 3 N–H and O–H groups in total. The van der Waals surface area contributed by atoms with Crippen LogP contribution in [0.15, 0.2) is 65.7 Å². The van der Waals surface area contributed by atoms with Crippen LogP contribution >= 0.6 is 11.6 Å². The highest BCUT2D eigenvalue weighted by Gasteiger charge is 2.13. The summed E-state index contributed by atoms with van der Waals surface area (Å²) in [5.74, 6) is -1.71. The minimum Gasteiger partial charge on any atom is -0.309 e. The molecule has 1 aromatic heterocycles. The molecule has 0 fully saturated rings. The lowest BCUT2D eigenvalue weighted by molar-refractivity contribution is 0.0977. The Bertz CT molecular complexity index is 1300. The van der Waals surface area contributed by atoms with Crippen molar-refractivity contribution in [1.82, 2.24) is 15.5 Å². The summed E-state index contributed by atoms with van der Waals surface area (Å²) in [6.07, 6.45) is 0. The van der Waals surface area contributed by atoms with Gasteiger partial charge in [0.1, 0.15) is 17.5 Å². The van der Waals surface area contributed by atoms with E-state index in [0.717, 1.165) is 12.1 Å². The average molecular weight is 458 g/mol. The number of anilines is 1. The highest BCUT2D eigenvalue weighted by Crippen LogP contribution is 2.21. The van der Waals surface area contributed by atoms with Crippen LogP contribution in [0.25, 0.3) is 10.9 Å². The van der Waals surface area contributed by atoms with Crippen LogP contribution in [-0.2, 0) is 6.54 Å². The monoisotopic (exact) mass is 457 g/mol. The molecule has 3 aromatic carbocycles. The summed E-state index contributed by atoms with van der Waals surface area (Å²) < 4.78 is 40.3. The van der Waals surface area contributed by atoms with Gasteiger partial charge in [0.25, 0.3) is 5.91 Å². The van der Waals surface area contributed by atoms with Gasteiger partial charge in [0.05, 0.1) is 12.1 Å². The molecule has 4 aromatic rings. The maximum Gasteiger partial charge on any atom is 0.257 e. The van der Waals surface area contributed by atoms with Gasteiger partial charge in [0.15, 0.2) is 5.82 Å². The van der Waals surface area contributed by atoms with Crippen LogP contribution in [0.3, 0.4) is 0 Å². The van der Waals surface area contributed by atoms with Crippen molar-refractivity contribution >= 4 is 40.2 Å². The van der Waals surface area contributed by atoms with Gasteiger partial charge in [-0.2, -0.15) is 5.10 Å². The summed E-state index contributed by atoms with van der Waals surface area (Å²) in [4.78, 5) is 16.9. The molecule has 0 aliphatic carbocycles. The first-order valence-electron chi connectivity index (χ1n) is 9.34. The van der Waals surface area contributed by atoms with Gasteiger partial charge >= 0.3 is 0 Å². The zero-order chi connectivity index (χ0) is 22.7. The molecule has 0 aliphatic heterocycles. The number of benzene rings is 3. The number of aromatic amines is 1. The van der Waals surface area contributed by atoms with Gasteiger partial charge in [-0.15, -0.1) is 0 Å². The van der Waals surface area contributed by atoms with E-state index in [4.69, 9.17) is 11.6 Å². The topological polar surface area (TPSA) is 82.2 Å². The third-order valence-electron chi connectivity index (χ3n) is 4.44. The van der Waals surface area contributed by atoms with E-state index >= 15 is 0 Å². The van der Waals surface area contributed by atoms with Crippen molar-refractivity contribution in [3.8, 4) is 0 Å². The molecule has 0 bridgehead atoms. The molecule has 162 valence electrons. The zero-order valence-electron chi connectivity index (χ0n) is 16.3. The molecule has 10 heteroatoms. The Hall–Kier alpha value is -3.85. The van der Waals surface area contributed by atoms with E-state index in [-0.39, 0.29) is 28.9 Å². The lowest BCUT2D eigenvalue weighted by atomic mass is 10.2. The lowest BCUT2D eigenvalue weighted by Gasteiger charge is -2.11. The lowest BCUT2D eigenvalue weighted by Crippen LogP contribution is -2.36. The summed E-state index contributed by atoms with van der Waals surface area (Å²) in [5.41, 5.74) is 1.11. The fourth-order valence-electron chi connectivity index (χ4n) is 2.96. The van der Waals surface area contributed by atoms with Crippen molar-refractivity contribution in [2.45, 2.75) is 6.54 Å². The van der Waals surface area contributed by atoms with Crippen LogP contribution in [-0.4, -0.2) is 22.1 Å². The zero-order valence-corrected chi connectivity index (χ0v) is 17.1. The van der Waals surface area contributed by atoms with Gasteiger partial charge in [-0.3, -0.25) is 15.2 Å². The highest BCUT2D eigenvalue weighted by molar-refractivity contribution is 6.30. The van der Waals surface area contributed by atoms with E-state index in [2.05, 4.69) is 25.8 Å². The van der Waals surface area contributed by atoms with Gasteiger partial charge in [0, 0.05) is 16.0 Å². The first-order chi connectivity index (χ1) is 15.4. The number of guanidine groups is 1. The van der Waals surface area contributed by atoms with Crippen molar-refractivity contribution in [3.63, 3.8) is 0 Å². The van der Waals surface area contributed by atoms with Crippen molar-refractivity contribution < 1.29 is 18.0 Å². The Morgan fingerprint density at radius 1 is 0.969 bits per heavy atom. The van der Waals surface area contributed by atoms with E-state index in [1.807, 2.05) is 0 Å². The number of hydrogen-bond acceptors (Lipinski definition) is 3. The number of aliphatic imine (C=N–C) groups is 1.